The van der Waals surface area contributed by atoms with Crippen molar-refractivity contribution < 1.29 is 19.0 Å². The van der Waals surface area contributed by atoms with Gasteiger partial charge in [-0.05, 0) is 25.2 Å². The van der Waals surface area contributed by atoms with Gasteiger partial charge in [0.25, 0.3) is 0 Å². The maximum Gasteiger partial charge on any atom is 0.127 e. The zero-order valence-electron chi connectivity index (χ0n) is 9.03. The summed E-state index contributed by atoms with van der Waals surface area (Å²) in [5.41, 5.74) is 0.203. The molecule has 3 nitrogen and oxygen atoms in total. The number of hydrogen-bond donors (Lipinski definition) is 2. The average molecular weight is 231 g/mol. The Morgan fingerprint density at radius 3 is 2.44 bits per heavy atom. The highest BCUT2D eigenvalue weighted by atomic mass is 19.1. The van der Waals surface area contributed by atoms with Crippen molar-refractivity contribution in [1.29, 1.82) is 0 Å². The van der Waals surface area contributed by atoms with Crippen molar-refractivity contribution in [3.8, 4) is 0 Å². The second-order valence-electron chi connectivity index (χ2n) is 3.67. The minimum Gasteiger partial charge on any atom is -0.395 e. The van der Waals surface area contributed by atoms with Gasteiger partial charge in [-0.1, -0.05) is 0 Å². The van der Waals surface area contributed by atoms with Crippen molar-refractivity contribution >= 4 is 0 Å². The highest BCUT2D eigenvalue weighted by Gasteiger charge is 2.14. The van der Waals surface area contributed by atoms with E-state index in [2.05, 4.69) is 0 Å². The molecular formula is C11H15F2NO2. The highest BCUT2D eigenvalue weighted by molar-refractivity contribution is 5.18. The van der Waals surface area contributed by atoms with E-state index in [1.54, 1.807) is 11.9 Å². The molecule has 1 aromatic rings. The molecule has 1 aromatic carbocycles. The first-order chi connectivity index (χ1) is 7.58. The van der Waals surface area contributed by atoms with Crippen LogP contribution in [0.25, 0.3) is 0 Å². The molecule has 0 saturated carbocycles. The Bertz CT molecular complexity index is 343. The quantitative estimate of drug-likeness (QED) is 0.786. The number of aliphatic hydroxyl groups is 2. The summed E-state index contributed by atoms with van der Waals surface area (Å²) < 4.78 is 26.2. The molecular weight excluding hydrogens is 216 g/mol. The number of likely N-dealkylation sites (N-methyl/N-ethyl adjacent to an activating group) is 1. The summed E-state index contributed by atoms with van der Waals surface area (Å²) in [5.74, 6) is -1.00. The first-order valence-electron chi connectivity index (χ1n) is 4.94. The molecule has 0 radical (unpaired) electrons. The number of hydrogen-bond acceptors (Lipinski definition) is 3. The van der Waals surface area contributed by atoms with Crippen molar-refractivity contribution in [2.45, 2.75) is 12.6 Å². The normalized spacial score (nSPS) is 11.4. The maximum atomic E-state index is 13.3. The molecule has 0 fully saturated rings. The van der Waals surface area contributed by atoms with Gasteiger partial charge in [-0.15, -0.1) is 0 Å². The lowest BCUT2D eigenvalue weighted by Gasteiger charge is -2.24. The summed E-state index contributed by atoms with van der Waals surface area (Å²) in [6.45, 7) is -0.330. The van der Waals surface area contributed by atoms with Gasteiger partial charge in [0.2, 0.25) is 0 Å². The smallest absolute Gasteiger partial charge is 0.127 e. The maximum absolute atomic E-state index is 13.3. The van der Waals surface area contributed by atoms with Crippen LogP contribution >= 0.6 is 0 Å². The van der Waals surface area contributed by atoms with Gasteiger partial charge in [-0.25, -0.2) is 8.78 Å². The largest absolute Gasteiger partial charge is 0.395 e. The fraction of sp³-hybridized carbons (Fsp3) is 0.455. The summed E-state index contributed by atoms with van der Waals surface area (Å²) in [7, 11) is 1.63. The molecule has 2 N–H and O–H groups in total. The van der Waals surface area contributed by atoms with Crippen molar-refractivity contribution in [3.05, 3.63) is 35.4 Å². The molecule has 0 aliphatic heterocycles. The predicted molar refractivity (Wildman–Crippen MR) is 55.8 cm³/mol. The molecule has 0 saturated heterocycles. The van der Waals surface area contributed by atoms with E-state index in [0.29, 0.717) is 0 Å². The van der Waals surface area contributed by atoms with Gasteiger partial charge in [0.1, 0.15) is 11.6 Å². The minimum absolute atomic E-state index is 0.134. The minimum atomic E-state index is -0.505. The number of benzene rings is 1. The van der Waals surface area contributed by atoms with Gasteiger partial charge in [-0.3, -0.25) is 4.90 Å². The molecule has 0 aliphatic rings. The van der Waals surface area contributed by atoms with Crippen LogP contribution in [-0.2, 0) is 6.54 Å². The Hall–Kier alpha value is -1.04. The molecule has 90 valence electrons. The number of halogens is 2. The van der Waals surface area contributed by atoms with E-state index in [0.717, 1.165) is 18.2 Å². The zero-order chi connectivity index (χ0) is 12.1. The van der Waals surface area contributed by atoms with Crippen LogP contribution < -0.4 is 0 Å². The van der Waals surface area contributed by atoms with Gasteiger partial charge in [0.05, 0.1) is 19.3 Å². The summed E-state index contributed by atoms with van der Waals surface area (Å²) in [5, 5.41) is 17.9. The van der Waals surface area contributed by atoms with E-state index in [-0.39, 0.29) is 25.3 Å². The zero-order valence-corrected chi connectivity index (χ0v) is 9.03. The fourth-order valence-corrected chi connectivity index (χ4v) is 1.40. The molecule has 0 aromatic heterocycles. The average Bonchev–Trinajstić information content (AvgIpc) is 2.25. The SMILES string of the molecule is CN(Cc1cc(F)ccc1F)C(CO)CO. The van der Waals surface area contributed by atoms with Crippen molar-refractivity contribution in [2.75, 3.05) is 20.3 Å². The Kier molecular flexibility index (Phi) is 4.79. The lowest BCUT2D eigenvalue weighted by atomic mass is 10.1. The van der Waals surface area contributed by atoms with Crippen molar-refractivity contribution in [1.82, 2.24) is 4.90 Å². The van der Waals surface area contributed by atoms with Crippen LogP contribution in [0.1, 0.15) is 5.56 Å². The first-order valence-corrected chi connectivity index (χ1v) is 4.94. The molecule has 0 unspecified atom stereocenters. The summed E-state index contributed by atoms with van der Waals surface area (Å²) >= 11 is 0. The lowest BCUT2D eigenvalue weighted by Crippen LogP contribution is -2.37. The van der Waals surface area contributed by atoms with Crippen LogP contribution in [-0.4, -0.2) is 41.4 Å². The molecule has 0 atom stereocenters. The topological polar surface area (TPSA) is 43.7 Å². The fourth-order valence-electron chi connectivity index (χ4n) is 1.40. The first kappa shape index (κ1) is 13.0. The third-order valence-electron chi connectivity index (χ3n) is 2.47. The predicted octanol–water partition coefficient (Wildman–Crippen LogP) is 0.750. The van der Waals surface area contributed by atoms with Crippen molar-refractivity contribution in [3.63, 3.8) is 0 Å². The monoisotopic (exact) mass is 231 g/mol. The standard InChI is InChI=1S/C11H15F2NO2/c1-14(10(6-15)7-16)5-8-4-9(12)2-3-11(8)13/h2-4,10,15-16H,5-7H2,1H3. The molecule has 0 bridgehead atoms. The molecule has 1 rings (SSSR count). The molecule has 0 amide bonds. The van der Waals surface area contributed by atoms with Crippen LogP contribution in [0.2, 0.25) is 0 Å². The molecule has 0 spiro atoms. The van der Waals surface area contributed by atoms with Crippen LogP contribution in [0.4, 0.5) is 8.78 Å². The van der Waals surface area contributed by atoms with Gasteiger partial charge >= 0.3 is 0 Å². The van der Waals surface area contributed by atoms with Crippen LogP contribution in [0.3, 0.4) is 0 Å². The highest BCUT2D eigenvalue weighted by Crippen LogP contribution is 2.12. The van der Waals surface area contributed by atoms with E-state index in [4.69, 9.17) is 10.2 Å². The van der Waals surface area contributed by atoms with E-state index in [1.165, 1.54) is 0 Å². The molecule has 16 heavy (non-hydrogen) atoms. The van der Waals surface area contributed by atoms with E-state index >= 15 is 0 Å². The van der Waals surface area contributed by atoms with Crippen LogP contribution in [0.5, 0.6) is 0 Å². The Morgan fingerprint density at radius 1 is 1.25 bits per heavy atom. The second-order valence-corrected chi connectivity index (χ2v) is 3.67. The Morgan fingerprint density at radius 2 is 1.88 bits per heavy atom. The number of nitrogens with zero attached hydrogens (tertiary/aromatic N) is 1. The Balaban J connectivity index is 2.75. The Labute approximate surface area is 92.9 Å². The molecule has 0 aliphatic carbocycles. The molecule has 5 heteroatoms. The van der Waals surface area contributed by atoms with Gasteiger partial charge in [-0.2, -0.15) is 0 Å². The van der Waals surface area contributed by atoms with Gasteiger partial charge in [0, 0.05) is 12.1 Å². The summed E-state index contributed by atoms with van der Waals surface area (Å²) in [6.07, 6.45) is 0. The number of aliphatic hydroxyl groups excluding tert-OH is 2. The lowest BCUT2D eigenvalue weighted by molar-refractivity contribution is 0.0866. The second kappa shape index (κ2) is 5.89. The van der Waals surface area contributed by atoms with Crippen molar-refractivity contribution in [2.24, 2.45) is 0 Å². The van der Waals surface area contributed by atoms with E-state index in [9.17, 15) is 8.78 Å². The molecule has 0 heterocycles. The summed E-state index contributed by atoms with van der Waals surface area (Å²) in [6, 6.07) is 2.75. The van der Waals surface area contributed by atoms with Gasteiger partial charge < -0.3 is 10.2 Å². The van der Waals surface area contributed by atoms with E-state index in [1.807, 2.05) is 0 Å². The number of rotatable bonds is 5. The third-order valence-corrected chi connectivity index (χ3v) is 2.47. The third kappa shape index (κ3) is 3.23. The van der Waals surface area contributed by atoms with Crippen LogP contribution in [0.15, 0.2) is 18.2 Å². The van der Waals surface area contributed by atoms with Gasteiger partial charge in [0.15, 0.2) is 0 Å². The summed E-state index contributed by atoms with van der Waals surface area (Å²) in [4.78, 5) is 1.57. The van der Waals surface area contributed by atoms with Crippen LogP contribution in [0, 0.1) is 11.6 Å². The van der Waals surface area contributed by atoms with E-state index < -0.39 is 17.7 Å².